The molecule has 1 aromatic heterocycles. The van der Waals surface area contributed by atoms with E-state index in [1.54, 1.807) is 31.5 Å². The standard InChI is InChI=1S/C26H29N3O3S/c1-17-8-10-20(11-9-17)21-12-22(14-25(13-21)33(31,32)24-6-4-5-7-24)26(30)29-18(2)23-15-27-19(3)28-16-23/h8-16,18,24H,4-7H2,1-3H3,(H,29,30). The number of nitrogens with one attached hydrogen (secondary N) is 1. The number of rotatable bonds is 6. The van der Waals surface area contributed by atoms with Crippen LogP contribution in [0.4, 0.5) is 0 Å². The van der Waals surface area contributed by atoms with Gasteiger partial charge in [-0.2, -0.15) is 0 Å². The summed E-state index contributed by atoms with van der Waals surface area (Å²) in [7, 11) is -3.52. The molecule has 0 bridgehead atoms. The lowest BCUT2D eigenvalue weighted by atomic mass is 10.0. The van der Waals surface area contributed by atoms with Crippen molar-refractivity contribution in [3.05, 3.63) is 77.4 Å². The number of aromatic nitrogens is 2. The molecule has 172 valence electrons. The van der Waals surface area contributed by atoms with Gasteiger partial charge in [-0.05, 0) is 62.9 Å². The summed E-state index contributed by atoms with van der Waals surface area (Å²) in [4.78, 5) is 21.8. The summed E-state index contributed by atoms with van der Waals surface area (Å²) in [5.41, 5.74) is 3.80. The number of carbonyl (C=O) groups is 1. The summed E-state index contributed by atoms with van der Waals surface area (Å²) in [6.07, 6.45) is 6.56. The second-order valence-electron chi connectivity index (χ2n) is 8.82. The largest absolute Gasteiger partial charge is 0.345 e. The van der Waals surface area contributed by atoms with Crippen molar-refractivity contribution < 1.29 is 13.2 Å². The van der Waals surface area contributed by atoms with Crippen molar-refractivity contribution in [2.45, 2.75) is 62.6 Å². The first-order chi connectivity index (χ1) is 15.7. The number of hydrogen-bond acceptors (Lipinski definition) is 5. The van der Waals surface area contributed by atoms with Gasteiger partial charge in [0.1, 0.15) is 5.82 Å². The zero-order valence-electron chi connectivity index (χ0n) is 19.2. The molecule has 1 saturated carbocycles. The van der Waals surface area contributed by atoms with E-state index in [-0.39, 0.29) is 22.1 Å². The third-order valence-electron chi connectivity index (χ3n) is 6.27. The van der Waals surface area contributed by atoms with Gasteiger partial charge in [-0.25, -0.2) is 18.4 Å². The average molecular weight is 464 g/mol. The van der Waals surface area contributed by atoms with Gasteiger partial charge in [-0.1, -0.05) is 42.7 Å². The molecule has 1 N–H and O–H groups in total. The second kappa shape index (κ2) is 9.43. The molecule has 3 aromatic rings. The Bertz CT molecular complexity index is 1250. The van der Waals surface area contributed by atoms with Gasteiger partial charge < -0.3 is 5.32 Å². The van der Waals surface area contributed by atoms with E-state index in [0.717, 1.165) is 29.5 Å². The van der Waals surface area contributed by atoms with Crippen LogP contribution in [0.25, 0.3) is 11.1 Å². The first-order valence-corrected chi connectivity index (χ1v) is 12.8. The fourth-order valence-corrected chi connectivity index (χ4v) is 6.11. The summed E-state index contributed by atoms with van der Waals surface area (Å²) in [6, 6.07) is 12.5. The van der Waals surface area contributed by atoms with Crippen LogP contribution in [-0.2, 0) is 9.84 Å². The quantitative estimate of drug-likeness (QED) is 0.558. The molecule has 0 saturated heterocycles. The SMILES string of the molecule is Cc1ccc(-c2cc(C(=O)NC(C)c3cnc(C)nc3)cc(S(=O)(=O)C3CCCC3)c2)cc1. The lowest BCUT2D eigenvalue weighted by Crippen LogP contribution is -2.27. The predicted molar refractivity (Wildman–Crippen MR) is 129 cm³/mol. The fraction of sp³-hybridized carbons (Fsp3) is 0.346. The van der Waals surface area contributed by atoms with E-state index < -0.39 is 9.84 Å². The molecule has 1 heterocycles. The maximum atomic E-state index is 13.4. The van der Waals surface area contributed by atoms with E-state index in [4.69, 9.17) is 0 Å². The normalized spacial score (nSPS) is 15.4. The zero-order chi connectivity index (χ0) is 23.6. The molecule has 0 radical (unpaired) electrons. The number of amides is 1. The van der Waals surface area contributed by atoms with E-state index in [1.165, 1.54) is 6.07 Å². The van der Waals surface area contributed by atoms with Crippen LogP contribution in [0.3, 0.4) is 0 Å². The number of hydrogen-bond donors (Lipinski definition) is 1. The van der Waals surface area contributed by atoms with Crippen LogP contribution < -0.4 is 5.32 Å². The van der Waals surface area contributed by atoms with Crippen LogP contribution in [-0.4, -0.2) is 29.5 Å². The van der Waals surface area contributed by atoms with Crippen molar-refractivity contribution in [2.24, 2.45) is 0 Å². The Morgan fingerprint density at radius 3 is 2.24 bits per heavy atom. The van der Waals surface area contributed by atoms with Crippen LogP contribution >= 0.6 is 0 Å². The summed E-state index contributed by atoms with van der Waals surface area (Å²) in [5, 5.41) is 2.57. The van der Waals surface area contributed by atoms with E-state index in [2.05, 4.69) is 15.3 Å². The molecule has 0 spiro atoms. The van der Waals surface area contributed by atoms with Gasteiger partial charge in [0.2, 0.25) is 0 Å². The van der Waals surface area contributed by atoms with Gasteiger partial charge >= 0.3 is 0 Å². The van der Waals surface area contributed by atoms with Crippen molar-refractivity contribution in [1.82, 2.24) is 15.3 Å². The number of carbonyl (C=O) groups excluding carboxylic acids is 1. The number of sulfone groups is 1. The van der Waals surface area contributed by atoms with Crippen LogP contribution in [0.1, 0.15) is 66.0 Å². The maximum absolute atomic E-state index is 13.4. The number of aryl methyl sites for hydroxylation is 2. The maximum Gasteiger partial charge on any atom is 0.251 e. The fourth-order valence-electron chi connectivity index (χ4n) is 4.19. The molecule has 2 aromatic carbocycles. The lowest BCUT2D eigenvalue weighted by Gasteiger charge is -2.17. The van der Waals surface area contributed by atoms with Crippen molar-refractivity contribution in [2.75, 3.05) is 0 Å². The summed E-state index contributed by atoms with van der Waals surface area (Å²) in [5.74, 6) is 0.324. The predicted octanol–water partition coefficient (Wildman–Crippen LogP) is 4.97. The average Bonchev–Trinajstić information content (AvgIpc) is 3.35. The minimum atomic E-state index is -3.52. The van der Waals surface area contributed by atoms with E-state index >= 15 is 0 Å². The summed E-state index contributed by atoms with van der Waals surface area (Å²) in [6.45, 7) is 5.65. The van der Waals surface area contributed by atoms with Crippen molar-refractivity contribution in [3.8, 4) is 11.1 Å². The molecule has 6 nitrogen and oxygen atoms in total. The summed E-state index contributed by atoms with van der Waals surface area (Å²) >= 11 is 0. The monoisotopic (exact) mass is 463 g/mol. The molecule has 7 heteroatoms. The molecule has 1 unspecified atom stereocenters. The van der Waals surface area contributed by atoms with Crippen LogP contribution in [0.5, 0.6) is 0 Å². The zero-order valence-corrected chi connectivity index (χ0v) is 20.0. The van der Waals surface area contributed by atoms with Gasteiger partial charge in [0, 0.05) is 23.5 Å². The van der Waals surface area contributed by atoms with Gasteiger partial charge in [-0.3, -0.25) is 4.79 Å². The van der Waals surface area contributed by atoms with Gasteiger partial charge in [0.15, 0.2) is 9.84 Å². The Morgan fingerprint density at radius 2 is 1.61 bits per heavy atom. The van der Waals surface area contributed by atoms with Crippen LogP contribution in [0.2, 0.25) is 0 Å². The first-order valence-electron chi connectivity index (χ1n) is 11.3. The molecular weight excluding hydrogens is 434 g/mol. The van der Waals surface area contributed by atoms with Crippen molar-refractivity contribution in [3.63, 3.8) is 0 Å². The molecular formula is C26H29N3O3S. The Labute approximate surface area is 195 Å². The highest BCUT2D eigenvalue weighted by Gasteiger charge is 2.31. The number of nitrogens with zero attached hydrogens (tertiary/aromatic N) is 2. The minimum Gasteiger partial charge on any atom is -0.345 e. The second-order valence-corrected chi connectivity index (χ2v) is 11.1. The Balaban J connectivity index is 1.71. The first kappa shape index (κ1) is 23.1. The highest BCUT2D eigenvalue weighted by atomic mass is 32.2. The van der Waals surface area contributed by atoms with E-state index in [1.807, 2.05) is 38.1 Å². The van der Waals surface area contributed by atoms with Crippen molar-refractivity contribution in [1.29, 1.82) is 0 Å². The van der Waals surface area contributed by atoms with Crippen molar-refractivity contribution >= 4 is 15.7 Å². The topological polar surface area (TPSA) is 89.0 Å². The molecule has 33 heavy (non-hydrogen) atoms. The molecule has 1 amide bonds. The third-order valence-corrected chi connectivity index (χ3v) is 8.51. The highest BCUT2D eigenvalue weighted by Crippen LogP contribution is 2.33. The van der Waals surface area contributed by atoms with Gasteiger partial charge in [0.05, 0.1) is 16.2 Å². The molecule has 1 fully saturated rings. The molecule has 1 aliphatic rings. The van der Waals surface area contributed by atoms with Gasteiger partial charge in [-0.15, -0.1) is 0 Å². The molecule has 0 aliphatic heterocycles. The third kappa shape index (κ3) is 5.14. The Hall–Kier alpha value is -3.06. The highest BCUT2D eigenvalue weighted by molar-refractivity contribution is 7.92. The summed E-state index contributed by atoms with van der Waals surface area (Å²) < 4.78 is 26.7. The molecule has 1 aliphatic carbocycles. The van der Waals surface area contributed by atoms with E-state index in [9.17, 15) is 13.2 Å². The van der Waals surface area contributed by atoms with Gasteiger partial charge in [0.25, 0.3) is 5.91 Å². The lowest BCUT2D eigenvalue weighted by molar-refractivity contribution is 0.0939. The molecule has 4 rings (SSSR count). The Kier molecular flexibility index (Phi) is 6.61. The van der Waals surface area contributed by atoms with E-state index in [0.29, 0.717) is 29.8 Å². The number of benzene rings is 2. The minimum absolute atomic E-state index is 0.212. The van der Waals surface area contributed by atoms with Crippen LogP contribution in [0, 0.1) is 13.8 Å². The Morgan fingerprint density at radius 1 is 0.970 bits per heavy atom. The smallest absolute Gasteiger partial charge is 0.251 e. The van der Waals surface area contributed by atoms with Crippen LogP contribution in [0.15, 0.2) is 59.8 Å². The molecule has 1 atom stereocenters.